The Morgan fingerprint density at radius 3 is 2.87 bits per heavy atom. The van der Waals surface area contributed by atoms with Gasteiger partial charge in [-0.25, -0.2) is 0 Å². The first-order valence-electron chi connectivity index (χ1n) is 7.49. The molecule has 8 heteroatoms. The van der Waals surface area contributed by atoms with Crippen LogP contribution in [0.25, 0.3) is 0 Å². The summed E-state index contributed by atoms with van der Waals surface area (Å²) in [5.74, 6) is -1.47. The summed E-state index contributed by atoms with van der Waals surface area (Å²) in [6.07, 6.45) is 4.92. The van der Waals surface area contributed by atoms with Crippen molar-refractivity contribution in [2.75, 3.05) is 32.7 Å². The van der Waals surface area contributed by atoms with Crippen LogP contribution in [0.1, 0.15) is 0 Å². The van der Waals surface area contributed by atoms with Gasteiger partial charge in [-0.1, -0.05) is 17.7 Å². The molecule has 0 spiro atoms. The summed E-state index contributed by atoms with van der Waals surface area (Å²) in [5.41, 5.74) is -1.01. The van der Waals surface area contributed by atoms with E-state index in [0.717, 1.165) is 0 Å². The van der Waals surface area contributed by atoms with Crippen molar-refractivity contribution in [1.29, 1.82) is 0 Å². The SMILES string of the molecule is C=CCN1C[C@]2(C(=O)O)CN(CCn3cc(Cl)cn3)C[C@@H]2C1=O. The molecule has 0 unspecified atom stereocenters. The van der Waals surface area contributed by atoms with Crippen LogP contribution in [0.2, 0.25) is 5.02 Å². The smallest absolute Gasteiger partial charge is 0.313 e. The van der Waals surface area contributed by atoms with Crippen LogP contribution in [0.5, 0.6) is 0 Å². The standard InChI is InChI=1S/C15H19ClN4O3/c1-2-3-19-10-15(14(22)23)9-18(8-12(15)13(19)21)4-5-20-7-11(16)6-17-20/h2,6-7,12H,1,3-5,8-10H2,(H,22,23)/t12-,15-/m1/s1. The molecule has 124 valence electrons. The largest absolute Gasteiger partial charge is 0.481 e. The number of carbonyl (C=O) groups is 2. The number of aromatic nitrogens is 2. The maximum Gasteiger partial charge on any atom is 0.313 e. The molecule has 23 heavy (non-hydrogen) atoms. The number of likely N-dealkylation sites (tertiary alicyclic amines) is 2. The van der Waals surface area contributed by atoms with Crippen molar-refractivity contribution in [3.05, 3.63) is 30.1 Å². The van der Waals surface area contributed by atoms with Crippen LogP contribution in [-0.2, 0) is 16.1 Å². The lowest BCUT2D eigenvalue weighted by atomic mass is 9.81. The number of aliphatic carboxylic acids is 1. The molecule has 1 N–H and O–H groups in total. The predicted octanol–water partition coefficient (Wildman–Crippen LogP) is 0.568. The van der Waals surface area contributed by atoms with E-state index in [1.165, 1.54) is 0 Å². The quantitative estimate of drug-likeness (QED) is 0.767. The number of halogens is 1. The Hall–Kier alpha value is -1.86. The van der Waals surface area contributed by atoms with E-state index < -0.39 is 17.3 Å². The zero-order chi connectivity index (χ0) is 16.6. The molecule has 2 fully saturated rings. The Kier molecular flexibility index (Phi) is 4.16. The summed E-state index contributed by atoms with van der Waals surface area (Å²) in [7, 11) is 0. The average Bonchev–Trinajstić information content (AvgIpc) is 3.14. The molecule has 3 heterocycles. The molecule has 0 bridgehead atoms. The molecule has 3 rings (SSSR count). The number of carbonyl (C=O) groups excluding carboxylic acids is 1. The first-order chi connectivity index (χ1) is 11.0. The number of fused-ring (bicyclic) bond motifs is 1. The summed E-state index contributed by atoms with van der Waals surface area (Å²) < 4.78 is 1.72. The lowest BCUT2D eigenvalue weighted by Crippen LogP contribution is -2.41. The Bertz CT molecular complexity index is 646. The van der Waals surface area contributed by atoms with Gasteiger partial charge in [-0.05, 0) is 0 Å². The van der Waals surface area contributed by atoms with E-state index in [2.05, 4.69) is 11.7 Å². The molecule has 0 aromatic carbocycles. The third kappa shape index (κ3) is 2.74. The number of hydrogen-bond donors (Lipinski definition) is 1. The van der Waals surface area contributed by atoms with E-state index >= 15 is 0 Å². The van der Waals surface area contributed by atoms with Crippen LogP contribution < -0.4 is 0 Å². The number of carboxylic acids is 1. The molecule has 0 saturated carbocycles. The Morgan fingerprint density at radius 1 is 1.52 bits per heavy atom. The van der Waals surface area contributed by atoms with Gasteiger partial charge < -0.3 is 10.0 Å². The lowest BCUT2D eigenvalue weighted by Gasteiger charge is -2.24. The van der Waals surface area contributed by atoms with Gasteiger partial charge in [-0.15, -0.1) is 6.58 Å². The molecule has 1 aromatic rings. The number of rotatable bonds is 6. The van der Waals surface area contributed by atoms with Crippen LogP contribution in [-0.4, -0.2) is 69.3 Å². The van der Waals surface area contributed by atoms with Crippen molar-refractivity contribution in [3.8, 4) is 0 Å². The number of nitrogens with zero attached hydrogens (tertiary/aromatic N) is 4. The topological polar surface area (TPSA) is 78.7 Å². The van der Waals surface area contributed by atoms with E-state index in [4.69, 9.17) is 11.6 Å². The average molecular weight is 339 g/mol. The lowest BCUT2D eigenvalue weighted by molar-refractivity contribution is -0.149. The third-order valence-corrected chi connectivity index (χ3v) is 4.91. The van der Waals surface area contributed by atoms with Crippen molar-refractivity contribution in [2.45, 2.75) is 6.54 Å². The Morgan fingerprint density at radius 2 is 2.30 bits per heavy atom. The summed E-state index contributed by atoms with van der Waals surface area (Å²) in [5, 5.41) is 14.4. The minimum absolute atomic E-state index is 0.0862. The van der Waals surface area contributed by atoms with Crippen molar-refractivity contribution < 1.29 is 14.7 Å². The molecule has 7 nitrogen and oxygen atoms in total. The van der Waals surface area contributed by atoms with E-state index in [-0.39, 0.29) is 12.5 Å². The zero-order valence-corrected chi connectivity index (χ0v) is 13.4. The highest BCUT2D eigenvalue weighted by Crippen LogP contribution is 2.43. The molecule has 1 amide bonds. The van der Waals surface area contributed by atoms with Crippen LogP contribution in [0.3, 0.4) is 0 Å². The molecule has 2 aliphatic rings. The molecule has 0 aliphatic carbocycles. The molecule has 0 radical (unpaired) electrons. The monoisotopic (exact) mass is 338 g/mol. The second-order valence-corrected chi connectivity index (χ2v) is 6.61. The number of amides is 1. The van der Waals surface area contributed by atoms with E-state index in [0.29, 0.717) is 37.7 Å². The van der Waals surface area contributed by atoms with Gasteiger partial charge >= 0.3 is 5.97 Å². The van der Waals surface area contributed by atoms with Crippen molar-refractivity contribution in [3.63, 3.8) is 0 Å². The molecular weight excluding hydrogens is 320 g/mol. The van der Waals surface area contributed by atoms with Gasteiger partial charge in [0.05, 0.1) is 23.7 Å². The summed E-state index contributed by atoms with van der Waals surface area (Å²) in [6.45, 7) is 6.37. The third-order valence-electron chi connectivity index (χ3n) is 4.72. The van der Waals surface area contributed by atoms with Crippen LogP contribution in [0, 0.1) is 11.3 Å². The van der Waals surface area contributed by atoms with Gasteiger partial charge in [-0.3, -0.25) is 19.2 Å². The molecule has 2 saturated heterocycles. The van der Waals surface area contributed by atoms with Crippen molar-refractivity contribution >= 4 is 23.5 Å². The van der Waals surface area contributed by atoms with Crippen LogP contribution >= 0.6 is 11.6 Å². The van der Waals surface area contributed by atoms with Crippen molar-refractivity contribution in [1.82, 2.24) is 19.6 Å². The van der Waals surface area contributed by atoms with Crippen LogP contribution in [0.4, 0.5) is 0 Å². The fourth-order valence-corrected chi connectivity index (χ4v) is 3.75. The molecule has 2 atom stereocenters. The highest BCUT2D eigenvalue weighted by molar-refractivity contribution is 6.30. The molecule has 2 aliphatic heterocycles. The molecular formula is C15H19ClN4O3. The maximum absolute atomic E-state index is 12.5. The van der Waals surface area contributed by atoms with Gasteiger partial charge in [0.25, 0.3) is 0 Å². The first kappa shape index (κ1) is 16.0. The zero-order valence-electron chi connectivity index (χ0n) is 12.7. The van der Waals surface area contributed by atoms with Crippen molar-refractivity contribution in [2.24, 2.45) is 11.3 Å². The van der Waals surface area contributed by atoms with Gasteiger partial charge in [-0.2, -0.15) is 5.10 Å². The second kappa shape index (κ2) is 5.98. The van der Waals surface area contributed by atoms with E-state index in [1.54, 1.807) is 28.1 Å². The highest BCUT2D eigenvalue weighted by atomic mass is 35.5. The first-order valence-corrected chi connectivity index (χ1v) is 7.87. The summed E-state index contributed by atoms with van der Waals surface area (Å²) in [6, 6.07) is 0. The van der Waals surface area contributed by atoms with Gasteiger partial charge in [0, 0.05) is 38.9 Å². The minimum atomic E-state index is -1.01. The highest BCUT2D eigenvalue weighted by Gasteiger charge is 2.61. The summed E-state index contributed by atoms with van der Waals surface area (Å²) in [4.78, 5) is 27.9. The normalized spacial score (nSPS) is 27.4. The Labute approximate surface area is 139 Å². The fourth-order valence-electron chi connectivity index (χ4n) is 3.59. The Balaban J connectivity index is 1.69. The van der Waals surface area contributed by atoms with Crippen LogP contribution in [0.15, 0.2) is 25.0 Å². The van der Waals surface area contributed by atoms with Gasteiger partial charge in [0.1, 0.15) is 5.41 Å². The maximum atomic E-state index is 12.5. The van der Waals surface area contributed by atoms with Gasteiger partial charge in [0.2, 0.25) is 5.91 Å². The van der Waals surface area contributed by atoms with E-state index in [1.807, 2.05) is 4.90 Å². The number of carboxylic acid groups (broad SMARTS) is 1. The van der Waals surface area contributed by atoms with Gasteiger partial charge in [0.15, 0.2) is 0 Å². The predicted molar refractivity (Wildman–Crippen MR) is 84.0 cm³/mol. The number of hydrogen-bond acceptors (Lipinski definition) is 4. The minimum Gasteiger partial charge on any atom is -0.481 e. The summed E-state index contributed by atoms with van der Waals surface area (Å²) >= 11 is 5.83. The molecule has 1 aromatic heterocycles. The van der Waals surface area contributed by atoms with E-state index in [9.17, 15) is 14.7 Å². The fraction of sp³-hybridized carbons (Fsp3) is 0.533. The second-order valence-electron chi connectivity index (χ2n) is 6.18.